The minimum absolute atomic E-state index is 0.104. The Morgan fingerprint density at radius 3 is 0.866 bits per heavy atom. The summed E-state index contributed by atoms with van der Waals surface area (Å²) in [6, 6.07) is 0. The number of aliphatic hydroxyl groups is 1. The molecular weight excluding hydrogens is 1090 g/mol. The molecule has 0 aliphatic rings. The maximum absolute atomic E-state index is 13.0. The van der Waals surface area contributed by atoms with E-state index in [1.54, 1.807) is 0 Å². The Labute approximate surface area is 498 Å². The monoisotopic (exact) mass is 1210 g/mol. The molecule has 82 heavy (non-hydrogen) atoms. The summed E-state index contributed by atoms with van der Waals surface area (Å²) in [7, 11) is -9.87. The summed E-state index contributed by atoms with van der Waals surface area (Å²) >= 11 is 0. The van der Waals surface area contributed by atoms with E-state index >= 15 is 0 Å². The van der Waals surface area contributed by atoms with Crippen LogP contribution in [-0.4, -0.2) is 96.7 Å². The van der Waals surface area contributed by atoms with Gasteiger partial charge in [0, 0.05) is 25.7 Å². The van der Waals surface area contributed by atoms with Gasteiger partial charge in [0.1, 0.15) is 19.3 Å². The molecule has 6 atom stereocenters. The second-order valence-electron chi connectivity index (χ2n) is 23.0. The van der Waals surface area contributed by atoms with Crippen LogP contribution in [-0.2, 0) is 65.4 Å². The lowest BCUT2D eigenvalue weighted by Crippen LogP contribution is -2.30. The van der Waals surface area contributed by atoms with Gasteiger partial charge in [0.15, 0.2) is 12.2 Å². The number of ether oxygens (including phenoxy) is 4. The van der Waals surface area contributed by atoms with E-state index in [-0.39, 0.29) is 25.7 Å². The van der Waals surface area contributed by atoms with Crippen LogP contribution < -0.4 is 0 Å². The molecule has 0 radical (unpaired) electrons. The quantitative estimate of drug-likeness (QED) is 0.0222. The largest absolute Gasteiger partial charge is 0.472 e. The summed E-state index contributed by atoms with van der Waals surface area (Å²) in [4.78, 5) is 71.8. The van der Waals surface area contributed by atoms with Gasteiger partial charge in [-0.3, -0.25) is 37.3 Å². The van der Waals surface area contributed by atoms with Crippen molar-refractivity contribution in [2.24, 2.45) is 5.92 Å². The topological polar surface area (TPSA) is 237 Å². The summed E-state index contributed by atoms with van der Waals surface area (Å²) in [5, 5.41) is 10.5. The van der Waals surface area contributed by atoms with Crippen molar-refractivity contribution in [1.82, 2.24) is 0 Å². The van der Waals surface area contributed by atoms with Crippen molar-refractivity contribution in [3.05, 3.63) is 0 Å². The molecule has 0 bridgehead atoms. The number of phosphoric ester groups is 2. The number of hydrogen-bond acceptors (Lipinski definition) is 15. The molecule has 0 spiro atoms. The van der Waals surface area contributed by atoms with Gasteiger partial charge in [-0.15, -0.1) is 0 Å². The first-order chi connectivity index (χ1) is 39.6. The first-order valence-electron chi connectivity index (χ1n) is 33.2. The molecule has 3 N–H and O–H groups in total. The van der Waals surface area contributed by atoms with Crippen LogP contribution >= 0.6 is 15.6 Å². The van der Waals surface area contributed by atoms with Gasteiger partial charge in [-0.05, 0) is 31.6 Å². The zero-order chi connectivity index (χ0) is 60.6. The van der Waals surface area contributed by atoms with Crippen LogP contribution in [0.15, 0.2) is 0 Å². The van der Waals surface area contributed by atoms with Crippen molar-refractivity contribution >= 4 is 39.5 Å². The van der Waals surface area contributed by atoms with Crippen molar-refractivity contribution in [3.63, 3.8) is 0 Å². The molecule has 0 aromatic heterocycles. The summed E-state index contributed by atoms with van der Waals surface area (Å²) in [5.41, 5.74) is 0. The Morgan fingerprint density at radius 2 is 0.585 bits per heavy atom. The number of unbranched alkanes of at least 4 members (excludes halogenated alkanes) is 34. The molecule has 0 amide bonds. The van der Waals surface area contributed by atoms with Gasteiger partial charge in [-0.1, -0.05) is 266 Å². The molecule has 0 heterocycles. The van der Waals surface area contributed by atoms with Crippen LogP contribution in [0.25, 0.3) is 0 Å². The van der Waals surface area contributed by atoms with Crippen LogP contribution in [0.4, 0.5) is 0 Å². The number of carbonyl (C=O) groups excluding carboxylic acids is 4. The van der Waals surface area contributed by atoms with Crippen molar-refractivity contribution in [2.45, 2.75) is 335 Å². The normalized spacial score (nSPS) is 14.6. The first kappa shape index (κ1) is 80.1. The maximum Gasteiger partial charge on any atom is 0.472 e. The average Bonchev–Trinajstić information content (AvgIpc) is 3.45. The SMILES string of the molecule is CCCCCCCCCCCCCCCCCCCC(=O)O[C@H](COC(=O)CCCCCCCCCCC(C)CC)COP(=O)(O)OC[C@@H](O)COP(=O)(O)OC[C@@H](COC(=O)CCCCCCC)OC(=O)CCCCCCCCCC. The number of carbonyl (C=O) groups is 4. The summed E-state index contributed by atoms with van der Waals surface area (Å²) in [5.74, 6) is -1.37. The van der Waals surface area contributed by atoms with E-state index in [4.69, 9.17) is 37.0 Å². The fourth-order valence-electron chi connectivity index (χ4n) is 9.37. The van der Waals surface area contributed by atoms with E-state index < -0.39 is 97.5 Å². The van der Waals surface area contributed by atoms with Gasteiger partial charge in [-0.25, -0.2) is 9.13 Å². The Bertz CT molecular complexity index is 1600. The van der Waals surface area contributed by atoms with Gasteiger partial charge in [-0.2, -0.15) is 0 Å². The van der Waals surface area contributed by atoms with Crippen LogP contribution in [0.1, 0.15) is 317 Å². The Morgan fingerprint density at radius 1 is 0.341 bits per heavy atom. The standard InChI is InChI=1S/C63H122O17P2/c1-6-10-13-16-18-20-21-22-23-24-25-26-27-28-34-39-44-49-63(68)80-59(53-74-61(66)47-42-37-33-30-29-31-36-40-45-56(5)9-4)55-78-82(71,72)76-51-57(64)50-75-81(69,70)77-54-58(52-73-60(65)46-41-35-15-12-8-3)79-62(67)48-43-38-32-19-17-14-11-7-2/h56-59,64H,6-55H2,1-5H3,(H,69,70)(H,71,72)/t56?,57-,58+,59+/m0/s1. The highest BCUT2D eigenvalue weighted by Crippen LogP contribution is 2.45. The molecule has 0 fully saturated rings. The highest BCUT2D eigenvalue weighted by atomic mass is 31.2. The second kappa shape index (κ2) is 56.8. The van der Waals surface area contributed by atoms with Crippen LogP contribution in [0, 0.1) is 5.92 Å². The minimum Gasteiger partial charge on any atom is -0.462 e. The maximum atomic E-state index is 13.0. The lowest BCUT2D eigenvalue weighted by Gasteiger charge is -2.21. The molecule has 486 valence electrons. The molecule has 0 aromatic rings. The molecule has 3 unspecified atom stereocenters. The number of esters is 4. The van der Waals surface area contributed by atoms with Gasteiger partial charge >= 0.3 is 39.5 Å². The fourth-order valence-corrected chi connectivity index (χ4v) is 11.0. The third-order valence-corrected chi connectivity index (χ3v) is 16.8. The molecule has 0 aliphatic carbocycles. The first-order valence-corrected chi connectivity index (χ1v) is 36.2. The Balaban J connectivity index is 5.15. The van der Waals surface area contributed by atoms with E-state index in [2.05, 4.69) is 34.6 Å². The Kier molecular flexibility index (Phi) is 55.5. The van der Waals surface area contributed by atoms with Gasteiger partial charge in [0.2, 0.25) is 0 Å². The van der Waals surface area contributed by atoms with E-state index in [9.17, 15) is 43.2 Å². The van der Waals surface area contributed by atoms with Crippen molar-refractivity contribution in [2.75, 3.05) is 39.6 Å². The van der Waals surface area contributed by atoms with E-state index in [1.165, 1.54) is 128 Å². The lowest BCUT2D eigenvalue weighted by molar-refractivity contribution is -0.161. The summed E-state index contributed by atoms with van der Waals surface area (Å²) in [6.45, 7) is 7.08. The van der Waals surface area contributed by atoms with Crippen molar-refractivity contribution in [3.8, 4) is 0 Å². The second-order valence-corrected chi connectivity index (χ2v) is 25.9. The van der Waals surface area contributed by atoms with Crippen molar-refractivity contribution < 1.29 is 80.2 Å². The van der Waals surface area contributed by atoms with Crippen molar-refractivity contribution in [1.29, 1.82) is 0 Å². The molecule has 0 saturated carbocycles. The molecule has 17 nitrogen and oxygen atoms in total. The lowest BCUT2D eigenvalue weighted by atomic mass is 9.99. The third kappa shape index (κ3) is 55.9. The number of hydrogen-bond donors (Lipinski definition) is 3. The van der Waals surface area contributed by atoms with E-state index in [1.807, 2.05) is 0 Å². The highest BCUT2D eigenvalue weighted by Gasteiger charge is 2.30. The van der Waals surface area contributed by atoms with E-state index in [0.717, 1.165) is 109 Å². The number of aliphatic hydroxyl groups excluding tert-OH is 1. The average molecular weight is 1210 g/mol. The van der Waals surface area contributed by atoms with Crippen LogP contribution in [0.2, 0.25) is 0 Å². The van der Waals surface area contributed by atoms with E-state index in [0.29, 0.717) is 25.7 Å². The van der Waals surface area contributed by atoms with Crippen LogP contribution in [0.3, 0.4) is 0 Å². The molecule has 0 rings (SSSR count). The van der Waals surface area contributed by atoms with Gasteiger partial charge in [0.05, 0.1) is 26.4 Å². The Hall–Kier alpha value is -1.94. The highest BCUT2D eigenvalue weighted by molar-refractivity contribution is 7.47. The number of rotatable bonds is 63. The molecular formula is C63H122O17P2. The summed E-state index contributed by atoms with van der Waals surface area (Å²) < 4.78 is 67.7. The molecule has 0 aromatic carbocycles. The zero-order valence-electron chi connectivity index (χ0n) is 52.6. The minimum atomic E-state index is -4.94. The van der Waals surface area contributed by atoms with Gasteiger partial charge in [0.25, 0.3) is 0 Å². The predicted octanol–water partition coefficient (Wildman–Crippen LogP) is 17.4. The van der Waals surface area contributed by atoms with Gasteiger partial charge < -0.3 is 33.8 Å². The smallest absolute Gasteiger partial charge is 0.462 e. The van der Waals surface area contributed by atoms with Crippen LogP contribution in [0.5, 0.6) is 0 Å². The third-order valence-electron chi connectivity index (χ3n) is 14.9. The fraction of sp³-hybridized carbons (Fsp3) is 0.937. The molecule has 0 saturated heterocycles. The molecule has 0 aliphatic heterocycles. The zero-order valence-corrected chi connectivity index (χ0v) is 54.4. The number of phosphoric acid groups is 2. The summed E-state index contributed by atoms with van der Waals surface area (Å²) in [6.07, 6.45) is 40.7. The molecule has 19 heteroatoms. The predicted molar refractivity (Wildman–Crippen MR) is 326 cm³/mol.